The SMILES string of the molecule is CC(O)CNCC(O)COc1ccc(-c2nc3ncc(Br)cc3[nH]2)cc1.COCCNCC(O)COc1ccc(-c2nc3ncc(Br)cc3[nH]2)cc1. The van der Waals surface area contributed by atoms with Crippen molar-refractivity contribution >= 4 is 54.2 Å². The Kier molecular flexibility index (Phi) is 14.9. The van der Waals surface area contributed by atoms with Gasteiger partial charge in [-0.2, -0.15) is 0 Å². The molecule has 0 fully saturated rings. The summed E-state index contributed by atoms with van der Waals surface area (Å²) >= 11 is 6.80. The summed E-state index contributed by atoms with van der Waals surface area (Å²) in [4.78, 5) is 24.0. The summed E-state index contributed by atoms with van der Waals surface area (Å²) in [5.74, 6) is 2.85. The zero-order valence-electron chi connectivity index (χ0n) is 28.7. The van der Waals surface area contributed by atoms with Crippen LogP contribution in [-0.4, -0.2) is 117 Å². The fraction of sp³-hybridized carbons (Fsp3) is 0.333. The first kappa shape index (κ1) is 39.2. The third-order valence-electron chi connectivity index (χ3n) is 7.43. The van der Waals surface area contributed by atoms with Crippen LogP contribution in [0.5, 0.6) is 11.5 Å². The summed E-state index contributed by atoms with van der Waals surface area (Å²) in [5.41, 5.74) is 4.93. The molecule has 0 aliphatic carbocycles. The van der Waals surface area contributed by atoms with Crippen molar-refractivity contribution in [1.82, 2.24) is 40.5 Å². The van der Waals surface area contributed by atoms with Crippen molar-refractivity contribution in [2.75, 3.05) is 53.1 Å². The molecule has 2 aromatic carbocycles. The van der Waals surface area contributed by atoms with Gasteiger partial charge in [0.15, 0.2) is 11.3 Å². The minimum absolute atomic E-state index is 0.175. The minimum Gasteiger partial charge on any atom is -0.491 e. The van der Waals surface area contributed by atoms with Crippen molar-refractivity contribution in [2.45, 2.75) is 25.2 Å². The zero-order valence-corrected chi connectivity index (χ0v) is 31.9. The highest BCUT2D eigenvalue weighted by Crippen LogP contribution is 2.25. The van der Waals surface area contributed by atoms with Crippen LogP contribution in [0.1, 0.15) is 6.92 Å². The molecule has 16 heteroatoms. The van der Waals surface area contributed by atoms with Crippen LogP contribution in [0.25, 0.3) is 45.1 Å². The topological polar surface area (TPSA) is 196 Å². The quantitative estimate of drug-likeness (QED) is 0.0639. The van der Waals surface area contributed by atoms with Crippen LogP contribution in [0.2, 0.25) is 0 Å². The maximum Gasteiger partial charge on any atom is 0.178 e. The van der Waals surface area contributed by atoms with E-state index in [0.29, 0.717) is 55.6 Å². The van der Waals surface area contributed by atoms with Crippen LogP contribution >= 0.6 is 31.9 Å². The number of aliphatic hydroxyl groups excluding tert-OH is 3. The van der Waals surface area contributed by atoms with Gasteiger partial charge in [0.05, 0.1) is 23.7 Å². The van der Waals surface area contributed by atoms with E-state index in [1.165, 1.54) is 0 Å². The van der Waals surface area contributed by atoms with Crippen molar-refractivity contribution in [2.24, 2.45) is 0 Å². The average Bonchev–Trinajstić information content (AvgIpc) is 3.76. The minimum atomic E-state index is -0.645. The van der Waals surface area contributed by atoms with Gasteiger partial charge < -0.3 is 50.1 Å². The molecular weight excluding hydrogens is 800 g/mol. The first-order valence-corrected chi connectivity index (χ1v) is 18.2. The lowest BCUT2D eigenvalue weighted by molar-refractivity contribution is 0.101. The molecule has 276 valence electrons. The van der Waals surface area contributed by atoms with E-state index in [4.69, 9.17) is 19.3 Å². The molecule has 14 nitrogen and oxygen atoms in total. The first-order valence-electron chi connectivity index (χ1n) is 16.6. The van der Waals surface area contributed by atoms with Crippen LogP contribution in [0.3, 0.4) is 0 Å². The van der Waals surface area contributed by atoms with E-state index in [1.54, 1.807) is 26.4 Å². The Morgan fingerprint density at radius 1 is 0.692 bits per heavy atom. The molecule has 3 unspecified atom stereocenters. The molecule has 6 aromatic rings. The lowest BCUT2D eigenvalue weighted by Crippen LogP contribution is -2.35. The second-order valence-electron chi connectivity index (χ2n) is 11.9. The molecule has 0 saturated heterocycles. The Hall–Kier alpha value is -4.00. The van der Waals surface area contributed by atoms with Gasteiger partial charge in [-0.15, -0.1) is 0 Å². The predicted octanol–water partition coefficient (Wildman–Crippen LogP) is 4.46. The number of aromatic amines is 2. The lowest BCUT2D eigenvalue weighted by Gasteiger charge is -2.14. The standard InChI is InChI=1S/2C18H21BrN4O3/c1-11(24)7-20-9-14(25)10-26-15-4-2-12(3-5-15)17-22-16-6-13(19)8-21-18(16)23-17;1-25-7-6-20-10-14(24)11-26-15-4-2-12(3-5-15)17-22-16-8-13(19)9-21-18(16)23-17/h2-6,8,11,14,20,24-25H,7,9-10H2,1H3,(H,21,22,23);2-5,8-9,14,20,24H,6-7,10-11H2,1H3,(H,21,22,23). The largest absolute Gasteiger partial charge is 0.491 e. The molecule has 4 heterocycles. The van der Waals surface area contributed by atoms with E-state index < -0.39 is 18.3 Å². The number of benzene rings is 2. The third kappa shape index (κ3) is 12.0. The number of pyridine rings is 2. The normalized spacial score (nSPS) is 13.1. The molecule has 52 heavy (non-hydrogen) atoms. The highest BCUT2D eigenvalue weighted by molar-refractivity contribution is 9.10. The van der Waals surface area contributed by atoms with Gasteiger partial charge in [0.1, 0.15) is 48.6 Å². The van der Waals surface area contributed by atoms with E-state index in [-0.39, 0.29) is 13.2 Å². The molecule has 4 aromatic heterocycles. The van der Waals surface area contributed by atoms with Crippen LogP contribution in [0, 0.1) is 0 Å². The Balaban J connectivity index is 0.000000201. The first-order chi connectivity index (χ1) is 25.2. The molecule has 0 spiro atoms. The number of aliphatic hydroxyl groups is 3. The molecule has 3 atom stereocenters. The number of nitrogens with zero attached hydrogens (tertiary/aromatic N) is 4. The van der Waals surface area contributed by atoms with Gasteiger partial charge in [-0.3, -0.25) is 0 Å². The summed E-state index contributed by atoms with van der Waals surface area (Å²) in [6.07, 6.45) is 1.77. The van der Waals surface area contributed by atoms with Gasteiger partial charge in [0.25, 0.3) is 0 Å². The van der Waals surface area contributed by atoms with Crippen LogP contribution in [-0.2, 0) is 4.74 Å². The molecule has 0 aliphatic rings. The van der Waals surface area contributed by atoms with Crippen molar-refractivity contribution in [3.63, 3.8) is 0 Å². The molecule has 7 N–H and O–H groups in total. The van der Waals surface area contributed by atoms with E-state index in [1.807, 2.05) is 60.7 Å². The number of halogens is 2. The number of fused-ring (bicyclic) bond motifs is 2. The zero-order chi connectivity index (χ0) is 36.9. The van der Waals surface area contributed by atoms with Gasteiger partial charge in [-0.25, -0.2) is 19.9 Å². The van der Waals surface area contributed by atoms with E-state index in [9.17, 15) is 10.2 Å². The highest BCUT2D eigenvalue weighted by Gasteiger charge is 2.11. The predicted molar refractivity (Wildman–Crippen MR) is 206 cm³/mol. The van der Waals surface area contributed by atoms with Crippen LogP contribution in [0.4, 0.5) is 0 Å². The fourth-order valence-electron chi connectivity index (χ4n) is 4.85. The fourth-order valence-corrected chi connectivity index (χ4v) is 5.51. The monoisotopic (exact) mass is 840 g/mol. The van der Waals surface area contributed by atoms with Crippen molar-refractivity contribution < 1.29 is 29.5 Å². The Morgan fingerprint density at radius 3 is 1.60 bits per heavy atom. The summed E-state index contributed by atoms with van der Waals surface area (Å²) in [5, 5.41) is 35.0. The number of H-pyrrole nitrogens is 2. The number of ether oxygens (including phenoxy) is 3. The number of hydrogen-bond acceptors (Lipinski definition) is 12. The van der Waals surface area contributed by atoms with Crippen LogP contribution in [0.15, 0.2) is 82.0 Å². The third-order valence-corrected chi connectivity index (χ3v) is 8.30. The highest BCUT2D eigenvalue weighted by atomic mass is 79.9. The summed E-state index contributed by atoms with van der Waals surface area (Å²) < 4.78 is 17.9. The number of nitrogens with one attached hydrogen (secondary N) is 4. The molecule has 0 saturated carbocycles. The van der Waals surface area contributed by atoms with E-state index >= 15 is 0 Å². The second kappa shape index (κ2) is 19.7. The average molecular weight is 843 g/mol. The summed E-state index contributed by atoms with van der Waals surface area (Å²) in [6.45, 7) is 4.67. The molecule has 0 radical (unpaired) electrons. The number of hydrogen-bond donors (Lipinski definition) is 7. The van der Waals surface area contributed by atoms with Gasteiger partial charge in [0, 0.05) is 65.8 Å². The molecule has 0 aliphatic heterocycles. The number of aromatic nitrogens is 6. The molecule has 0 bridgehead atoms. The van der Waals surface area contributed by atoms with Crippen molar-refractivity contribution in [1.29, 1.82) is 0 Å². The maximum atomic E-state index is 9.89. The van der Waals surface area contributed by atoms with Crippen molar-refractivity contribution in [3.05, 3.63) is 82.0 Å². The smallest absolute Gasteiger partial charge is 0.178 e. The summed E-state index contributed by atoms with van der Waals surface area (Å²) in [7, 11) is 1.64. The van der Waals surface area contributed by atoms with Crippen molar-refractivity contribution in [3.8, 4) is 34.3 Å². The van der Waals surface area contributed by atoms with Gasteiger partial charge in [-0.1, -0.05) is 0 Å². The second-order valence-corrected chi connectivity index (χ2v) is 13.7. The Morgan fingerprint density at radius 2 is 1.15 bits per heavy atom. The van der Waals surface area contributed by atoms with Gasteiger partial charge in [0.2, 0.25) is 0 Å². The maximum absolute atomic E-state index is 9.89. The van der Waals surface area contributed by atoms with E-state index in [0.717, 1.165) is 42.8 Å². The number of rotatable bonds is 17. The molecular formula is C36H42Br2N8O6. The number of methoxy groups -OCH3 is 1. The lowest BCUT2D eigenvalue weighted by atomic mass is 10.2. The molecule has 6 rings (SSSR count). The molecule has 0 amide bonds. The Bertz CT molecular complexity index is 1970. The Labute approximate surface area is 317 Å². The summed E-state index contributed by atoms with van der Waals surface area (Å²) in [6, 6.07) is 18.9. The van der Waals surface area contributed by atoms with E-state index in [2.05, 4.69) is 72.4 Å². The van der Waals surface area contributed by atoms with Crippen LogP contribution < -0.4 is 20.1 Å². The van der Waals surface area contributed by atoms with Gasteiger partial charge in [-0.05, 0) is 99.4 Å². The van der Waals surface area contributed by atoms with Gasteiger partial charge >= 0.3 is 0 Å². The number of imidazole rings is 2.